The van der Waals surface area contributed by atoms with Crippen LogP contribution >= 0.6 is 22.9 Å². The second-order valence-corrected chi connectivity index (χ2v) is 9.10. The molecule has 1 fully saturated rings. The van der Waals surface area contributed by atoms with Gasteiger partial charge in [-0.2, -0.15) is 0 Å². The number of methoxy groups -OCH3 is 1. The van der Waals surface area contributed by atoms with Crippen molar-refractivity contribution in [2.75, 3.05) is 38.2 Å². The number of thiophene rings is 1. The molecular formula is C24H23ClN4O2S. The third-order valence-corrected chi connectivity index (χ3v) is 6.96. The minimum Gasteiger partial charge on any atom is -0.497 e. The van der Waals surface area contributed by atoms with Crippen molar-refractivity contribution >= 4 is 38.8 Å². The maximum Gasteiger partial charge on any atom is 0.260 e. The lowest BCUT2D eigenvalue weighted by Crippen LogP contribution is -2.46. The lowest BCUT2D eigenvalue weighted by Gasteiger charge is -2.35. The van der Waals surface area contributed by atoms with E-state index in [1.165, 1.54) is 17.0 Å². The molecule has 0 radical (unpaired) electrons. The number of aromatic nitrogens is 2. The van der Waals surface area contributed by atoms with Crippen LogP contribution in [0.25, 0.3) is 21.3 Å². The molecule has 4 aromatic rings. The van der Waals surface area contributed by atoms with Gasteiger partial charge in [-0.05, 0) is 42.0 Å². The van der Waals surface area contributed by atoms with Crippen LogP contribution in [0.2, 0.25) is 5.02 Å². The Balaban J connectivity index is 1.29. The highest BCUT2D eigenvalue weighted by Crippen LogP contribution is 2.31. The number of aromatic amines is 1. The molecule has 0 atom stereocenters. The molecule has 8 heteroatoms. The van der Waals surface area contributed by atoms with Crippen molar-refractivity contribution in [2.24, 2.45) is 0 Å². The number of H-pyrrole nitrogens is 1. The molecule has 0 unspecified atom stereocenters. The molecule has 0 bridgehead atoms. The molecule has 1 aliphatic rings. The van der Waals surface area contributed by atoms with Crippen molar-refractivity contribution in [1.82, 2.24) is 14.9 Å². The Morgan fingerprint density at radius 2 is 1.78 bits per heavy atom. The molecule has 3 heterocycles. The number of halogens is 1. The minimum atomic E-state index is -0.0898. The number of nitrogens with zero attached hydrogens (tertiary/aromatic N) is 3. The Labute approximate surface area is 195 Å². The second-order valence-electron chi connectivity index (χ2n) is 7.81. The van der Waals surface area contributed by atoms with Crippen LogP contribution in [0.3, 0.4) is 0 Å². The smallest absolute Gasteiger partial charge is 0.260 e. The van der Waals surface area contributed by atoms with Gasteiger partial charge in [0, 0.05) is 47.8 Å². The minimum absolute atomic E-state index is 0.0898. The maximum atomic E-state index is 12.9. The van der Waals surface area contributed by atoms with E-state index < -0.39 is 0 Å². The molecule has 0 saturated carbocycles. The summed E-state index contributed by atoms with van der Waals surface area (Å²) in [4.78, 5) is 26.1. The zero-order valence-corrected chi connectivity index (χ0v) is 19.2. The molecule has 0 amide bonds. The zero-order chi connectivity index (χ0) is 22.1. The van der Waals surface area contributed by atoms with E-state index in [0.717, 1.165) is 47.9 Å². The summed E-state index contributed by atoms with van der Waals surface area (Å²) in [5, 5.41) is 3.31. The fraction of sp³-hybridized carbons (Fsp3) is 0.250. The summed E-state index contributed by atoms with van der Waals surface area (Å²) in [6.07, 6.45) is 0. The van der Waals surface area contributed by atoms with Crippen molar-refractivity contribution in [3.05, 3.63) is 75.1 Å². The molecule has 5 rings (SSSR count). The Morgan fingerprint density at radius 3 is 2.47 bits per heavy atom. The molecule has 1 saturated heterocycles. The van der Waals surface area contributed by atoms with Crippen molar-refractivity contribution in [3.8, 4) is 16.9 Å². The molecule has 2 aromatic heterocycles. The van der Waals surface area contributed by atoms with Crippen molar-refractivity contribution in [1.29, 1.82) is 0 Å². The normalized spacial score (nSPS) is 14.8. The number of nitrogens with one attached hydrogen (secondary N) is 1. The number of benzene rings is 2. The van der Waals surface area contributed by atoms with E-state index in [1.807, 2.05) is 41.8 Å². The van der Waals surface area contributed by atoms with Gasteiger partial charge < -0.3 is 14.6 Å². The van der Waals surface area contributed by atoms with Gasteiger partial charge in [-0.15, -0.1) is 11.3 Å². The molecular weight excluding hydrogens is 444 g/mol. The van der Waals surface area contributed by atoms with Gasteiger partial charge in [0.15, 0.2) is 0 Å². The van der Waals surface area contributed by atoms with Gasteiger partial charge in [0.25, 0.3) is 5.56 Å². The number of anilines is 1. The fourth-order valence-corrected chi connectivity index (χ4v) is 5.17. The molecule has 164 valence electrons. The highest BCUT2D eigenvalue weighted by Gasteiger charge is 2.19. The van der Waals surface area contributed by atoms with Crippen LogP contribution in [0.5, 0.6) is 5.75 Å². The van der Waals surface area contributed by atoms with Gasteiger partial charge in [0.05, 0.1) is 19.0 Å². The van der Waals surface area contributed by atoms with Crippen LogP contribution in [-0.4, -0.2) is 48.2 Å². The van der Waals surface area contributed by atoms with Crippen LogP contribution in [0, 0.1) is 0 Å². The monoisotopic (exact) mass is 466 g/mol. The lowest BCUT2D eigenvalue weighted by molar-refractivity contribution is 0.244. The Hall–Kier alpha value is -2.87. The summed E-state index contributed by atoms with van der Waals surface area (Å²) in [6, 6.07) is 15.7. The van der Waals surface area contributed by atoms with Crippen molar-refractivity contribution < 1.29 is 4.74 Å². The van der Waals surface area contributed by atoms with Crippen LogP contribution < -0.4 is 15.2 Å². The van der Waals surface area contributed by atoms with E-state index in [0.29, 0.717) is 22.8 Å². The number of fused-ring (bicyclic) bond motifs is 1. The summed E-state index contributed by atoms with van der Waals surface area (Å²) in [6.45, 7) is 4.31. The Morgan fingerprint density at radius 1 is 1.06 bits per heavy atom. The quantitative estimate of drug-likeness (QED) is 0.464. The van der Waals surface area contributed by atoms with E-state index in [9.17, 15) is 4.79 Å². The number of piperazine rings is 1. The largest absolute Gasteiger partial charge is 0.497 e. The van der Waals surface area contributed by atoms with Crippen molar-refractivity contribution in [3.63, 3.8) is 0 Å². The summed E-state index contributed by atoms with van der Waals surface area (Å²) in [7, 11) is 1.68. The predicted molar refractivity (Wildman–Crippen MR) is 131 cm³/mol. The van der Waals surface area contributed by atoms with Gasteiger partial charge in [0.1, 0.15) is 16.4 Å². The van der Waals surface area contributed by atoms with Crippen LogP contribution in [0.15, 0.2) is 58.7 Å². The summed E-state index contributed by atoms with van der Waals surface area (Å²) >= 11 is 7.50. The molecule has 6 nitrogen and oxygen atoms in total. The number of rotatable bonds is 5. The second kappa shape index (κ2) is 8.94. The molecule has 0 spiro atoms. The first-order chi connectivity index (χ1) is 15.6. The van der Waals surface area contributed by atoms with Gasteiger partial charge in [-0.3, -0.25) is 9.69 Å². The molecule has 32 heavy (non-hydrogen) atoms. The molecule has 0 aliphatic carbocycles. The zero-order valence-electron chi connectivity index (χ0n) is 17.7. The highest BCUT2D eigenvalue weighted by molar-refractivity contribution is 7.17. The summed E-state index contributed by atoms with van der Waals surface area (Å²) in [5.74, 6) is 1.58. The predicted octanol–water partition coefficient (Wildman–Crippen LogP) is 4.64. The average Bonchev–Trinajstić information content (AvgIpc) is 3.25. The third-order valence-electron chi connectivity index (χ3n) is 5.83. The van der Waals surface area contributed by atoms with E-state index in [2.05, 4.69) is 26.9 Å². The van der Waals surface area contributed by atoms with E-state index in [-0.39, 0.29) is 5.56 Å². The van der Waals surface area contributed by atoms with Gasteiger partial charge in [0.2, 0.25) is 0 Å². The number of ether oxygens (including phenoxy) is 1. The van der Waals surface area contributed by atoms with Crippen molar-refractivity contribution in [2.45, 2.75) is 6.54 Å². The first kappa shape index (κ1) is 21.0. The maximum absolute atomic E-state index is 12.9. The third kappa shape index (κ3) is 4.24. The molecule has 1 aliphatic heterocycles. The SMILES string of the molecule is COc1ccc(N2CCN(Cc3nc4scc(-c5ccc(Cl)cc5)c4c(=O)[nH]3)CC2)cc1. The summed E-state index contributed by atoms with van der Waals surface area (Å²) in [5.41, 5.74) is 2.98. The van der Waals surface area contributed by atoms with Gasteiger partial charge >= 0.3 is 0 Å². The van der Waals surface area contributed by atoms with Crippen LogP contribution in [0.4, 0.5) is 5.69 Å². The van der Waals surface area contributed by atoms with Crippen LogP contribution in [-0.2, 0) is 6.54 Å². The van der Waals surface area contributed by atoms with E-state index in [1.54, 1.807) is 7.11 Å². The lowest BCUT2D eigenvalue weighted by atomic mass is 10.1. The first-order valence-electron chi connectivity index (χ1n) is 10.5. The highest BCUT2D eigenvalue weighted by atomic mass is 35.5. The van der Waals surface area contributed by atoms with E-state index >= 15 is 0 Å². The number of hydrogen-bond donors (Lipinski definition) is 1. The first-order valence-corrected chi connectivity index (χ1v) is 11.7. The number of hydrogen-bond acceptors (Lipinski definition) is 6. The Bertz CT molecular complexity index is 1280. The standard InChI is InChI=1S/C24H23ClN4O2S/c1-31-19-8-6-18(7-9-19)29-12-10-28(11-13-29)14-21-26-23(30)22-20(15-32-24(22)27-21)16-2-4-17(25)5-3-16/h2-9,15H,10-14H2,1H3,(H,26,27,30). The Kier molecular flexibility index (Phi) is 5.87. The van der Waals surface area contributed by atoms with E-state index in [4.69, 9.17) is 21.3 Å². The fourth-order valence-electron chi connectivity index (χ4n) is 4.08. The summed E-state index contributed by atoms with van der Waals surface area (Å²) < 4.78 is 5.24. The average molecular weight is 467 g/mol. The van der Waals surface area contributed by atoms with Gasteiger partial charge in [-0.1, -0.05) is 23.7 Å². The molecule has 1 N–H and O–H groups in total. The topological polar surface area (TPSA) is 61.5 Å². The molecule has 2 aromatic carbocycles. The van der Waals surface area contributed by atoms with Gasteiger partial charge in [-0.25, -0.2) is 4.98 Å². The van der Waals surface area contributed by atoms with Crippen LogP contribution in [0.1, 0.15) is 5.82 Å².